The van der Waals surface area contributed by atoms with Crippen molar-refractivity contribution in [1.82, 2.24) is 4.57 Å². The molecule has 108 valence electrons. The first-order valence-electron chi connectivity index (χ1n) is 6.76. The molecule has 4 heteroatoms. The van der Waals surface area contributed by atoms with Gasteiger partial charge in [0.25, 0.3) is 0 Å². The summed E-state index contributed by atoms with van der Waals surface area (Å²) >= 11 is 0. The fourth-order valence-electron chi connectivity index (χ4n) is 2.70. The summed E-state index contributed by atoms with van der Waals surface area (Å²) in [6.07, 6.45) is 0. The minimum atomic E-state index is -0.936. The van der Waals surface area contributed by atoms with Crippen molar-refractivity contribution in [3.8, 4) is 5.75 Å². The highest BCUT2D eigenvalue weighted by atomic mass is 16.5. The maximum absolute atomic E-state index is 11.6. The fourth-order valence-corrected chi connectivity index (χ4v) is 2.70. The molecular weight excluding hydrogens is 254 g/mol. The molecule has 2 aromatic rings. The third-order valence-corrected chi connectivity index (χ3v) is 3.93. The lowest BCUT2D eigenvalue weighted by molar-refractivity contribution is -0.142. The monoisotopic (exact) mass is 275 g/mol. The van der Waals surface area contributed by atoms with E-state index in [0.29, 0.717) is 6.61 Å². The Balaban J connectivity index is 2.78. The number of hydrogen-bond acceptors (Lipinski definition) is 2. The maximum atomic E-state index is 11.6. The van der Waals surface area contributed by atoms with E-state index in [1.54, 1.807) is 13.8 Å². The van der Waals surface area contributed by atoms with E-state index in [4.69, 9.17) is 4.74 Å². The number of carboxylic acid groups (broad SMARTS) is 1. The Morgan fingerprint density at radius 2 is 2.05 bits per heavy atom. The summed E-state index contributed by atoms with van der Waals surface area (Å²) < 4.78 is 7.57. The van der Waals surface area contributed by atoms with Crippen LogP contribution in [-0.2, 0) is 17.3 Å². The number of nitrogens with zero attached hydrogens (tertiary/aromatic N) is 1. The number of aliphatic carboxylic acids is 1. The number of hydrogen-bond donors (Lipinski definition) is 1. The molecule has 0 saturated carbocycles. The molecular formula is C16H21NO3. The molecule has 0 aliphatic heterocycles. The van der Waals surface area contributed by atoms with Gasteiger partial charge in [-0.1, -0.05) is 0 Å². The fraction of sp³-hybridized carbons (Fsp3) is 0.438. The molecule has 0 amide bonds. The van der Waals surface area contributed by atoms with E-state index in [2.05, 4.69) is 0 Å². The minimum absolute atomic E-state index is 0.592. The molecule has 1 heterocycles. The quantitative estimate of drug-likeness (QED) is 0.932. The zero-order chi connectivity index (χ0) is 15.1. The van der Waals surface area contributed by atoms with E-state index >= 15 is 0 Å². The molecule has 0 aliphatic rings. The summed E-state index contributed by atoms with van der Waals surface area (Å²) in [7, 11) is 1.96. The van der Waals surface area contributed by atoms with Gasteiger partial charge in [0.15, 0.2) is 0 Å². The summed E-state index contributed by atoms with van der Waals surface area (Å²) in [6, 6.07) is 5.84. The molecule has 0 spiro atoms. The van der Waals surface area contributed by atoms with Crippen LogP contribution in [0.1, 0.15) is 32.0 Å². The van der Waals surface area contributed by atoms with Gasteiger partial charge >= 0.3 is 5.97 Å². The van der Waals surface area contributed by atoms with Crippen LogP contribution in [0.3, 0.4) is 0 Å². The Hall–Kier alpha value is -1.97. The lowest BCUT2D eigenvalue weighted by atomic mass is 9.83. The molecule has 0 aliphatic carbocycles. The molecule has 4 nitrogen and oxygen atoms in total. The number of benzene rings is 1. The third-order valence-electron chi connectivity index (χ3n) is 3.93. The Morgan fingerprint density at radius 1 is 1.40 bits per heavy atom. The number of carbonyl (C=O) groups is 1. The Bertz CT molecular complexity index is 668. The van der Waals surface area contributed by atoms with Gasteiger partial charge in [-0.2, -0.15) is 0 Å². The van der Waals surface area contributed by atoms with Crippen LogP contribution in [-0.4, -0.2) is 22.2 Å². The normalized spacial score (nSPS) is 11.8. The third kappa shape index (κ3) is 2.05. The van der Waals surface area contributed by atoms with Gasteiger partial charge in [-0.25, -0.2) is 0 Å². The molecule has 0 unspecified atom stereocenters. The second kappa shape index (κ2) is 4.85. The number of aryl methyl sites for hydroxylation is 1. The van der Waals surface area contributed by atoms with Gasteiger partial charge in [0, 0.05) is 23.6 Å². The summed E-state index contributed by atoms with van der Waals surface area (Å²) in [5, 5.41) is 10.5. The van der Waals surface area contributed by atoms with Crippen molar-refractivity contribution in [2.75, 3.05) is 6.61 Å². The predicted molar refractivity (Wildman–Crippen MR) is 79.5 cm³/mol. The molecule has 0 fully saturated rings. The highest BCUT2D eigenvalue weighted by Crippen LogP contribution is 2.37. The van der Waals surface area contributed by atoms with Crippen LogP contribution in [0.15, 0.2) is 18.2 Å². The second-order valence-corrected chi connectivity index (χ2v) is 5.56. The van der Waals surface area contributed by atoms with Crippen molar-refractivity contribution in [2.24, 2.45) is 7.05 Å². The van der Waals surface area contributed by atoms with Crippen LogP contribution in [0, 0.1) is 6.92 Å². The van der Waals surface area contributed by atoms with Crippen LogP contribution in [0.4, 0.5) is 0 Å². The summed E-state index contributed by atoms with van der Waals surface area (Å²) in [4.78, 5) is 11.6. The van der Waals surface area contributed by atoms with Crippen molar-refractivity contribution in [3.05, 3.63) is 29.5 Å². The highest BCUT2D eigenvalue weighted by molar-refractivity contribution is 5.94. The summed E-state index contributed by atoms with van der Waals surface area (Å²) in [5.41, 5.74) is 1.91. The standard InChI is InChI=1S/C16H21NO3/c1-6-20-11-7-8-13-12(9-11)14(10(2)17(13)5)16(3,4)15(18)19/h7-9H,6H2,1-5H3,(H,18,19). The van der Waals surface area contributed by atoms with Crippen LogP contribution in [0.5, 0.6) is 5.75 Å². The summed E-state index contributed by atoms with van der Waals surface area (Å²) in [6.45, 7) is 7.97. The van der Waals surface area contributed by atoms with Crippen LogP contribution in [0.2, 0.25) is 0 Å². The van der Waals surface area contributed by atoms with Crippen molar-refractivity contribution >= 4 is 16.9 Å². The average Bonchev–Trinajstić information content (AvgIpc) is 2.62. The topological polar surface area (TPSA) is 51.5 Å². The first kappa shape index (κ1) is 14.4. The largest absolute Gasteiger partial charge is 0.494 e. The smallest absolute Gasteiger partial charge is 0.313 e. The van der Waals surface area contributed by atoms with Gasteiger partial charge < -0.3 is 14.4 Å². The number of ether oxygens (including phenoxy) is 1. The Labute approximate surface area is 119 Å². The number of carboxylic acids is 1. The predicted octanol–water partition coefficient (Wildman–Crippen LogP) is 3.25. The van der Waals surface area contributed by atoms with Crippen molar-refractivity contribution in [2.45, 2.75) is 33.1 Å². The molecule has 2 rings (SSSR count). The van der Waals surface area contributed by atoms with Gasteiger partial charge in [0.05, 0.1) is 12.0 Å². The molecule has 0 radical (unpaired) electrons. The van der Waals surface area contributed by atoms with E-state index in [0.717, 1.165) is 27.9 Å². The number of fused-ring (bicyclic) bond motifs is 1. The molecule has 1 aromatic heterocycles. The van der Waals surface area contributed by atoms with Gasteiger partial charge in [0.1, 0.15) is 5.75 Å². The zero-order valence-electron chi connectivity index (χ0n) is 12.7. The van der Waals surface area contributed by atoms with Crippen LogP contribution >= 0.6 is 0 Å². The second-order valence-electron chi connectivity index (χ2n) is 5.56. The number of rotatable bonds is 4. The van der Waals surface area contributed by atoms with Crippen molar-refractivity contribution < 1.29 is 14.6 Å². The van der Waals surface area contributed by atoms with Crippen molar-refractivity contribution in [1.29, 1.82) is 0 Å². The van der Waals surface area contributed by atoms with E-state index in [9.17, 15) is 9.90 Å². The van der Waals surface area contributed by atoms with Crippen molar-refractivity contribution in [3.63, 3.8) is 0 Å². The molecule has 0 bridgehead atoms. The van der Waals surface area contributed by atoms with Gasteiger partial charge in [-0.15, -0.1) is 0 Å². The first-order chi connectivity index (χ1) is 9.30. The van der Waals surface area contributed by atoms with E-state index in [1.807, 2.05) is 43.7 Å². The molecule has 1 N–H and O–H groups in total. The summed E-state index contributed by atoms with van der Waals surface area (Å²) in [5.74, 6) is -0.0528. The SMILES string of the molecule is CCOc1ccc2c(c1)c(C(C)(C)C(=O)O)c(C)n2C. The molecule has 20 heavy (non-hydrogen) atoms. The van der Waals surface area contributed by atoms with Crippen LogP contribution < -0.4 is 4.74 Å². The highest BCUT2D eigenvalue weighted by Gasteiger charge is 2.34. The van der Waals surface area contributed by atoms with E-state index in [1.165, 1.54) is 0 Å². The molecule has 0 saturated heterocycles. The number of aromatic nitrogens is 1. The van der Waals surface area contributed by atoms with Gasteiger partial charge in [0.2, 0.25) is 0 Å². The Morgan fingerprint density at radius 3 is 2.60 bits per heavy atom. The first-order valence-corrected chi connectivity index (χ1v) is 6.76. The van der Waals surface area contributed by atoms with E-state index < -0.39 is 11.4 Å². The maximum Gasteiger partial charge on any atom is 0.313 e. The molecule has 0 atom stereocenters. The van der Waals surface area contributed by atoms with Crippen LogP contribution in [0.25, 0.3) is 10.9 Å². The minimum Gasteiger partial charge on any atom is -0.494 e. The van der Waals surface area contributed by atoms with Gasteiger partial charge in [-0.05, 0) is 51.5 Å². The zero-order valence-corrected chi connectivity index (χ0v) is 12.7. The van der Waals surface area contributed by atoms with Gasteiger partial charge in [-0.3, -0.25) is 4.79 Å². The lowest BCUT2D eigenvalue weighted by Crippen LogP contribution is -2.29. The Kier molecular flexibility index (Phi) is 3.50. The average molecular weight is 275 g/mol. The molecule has 1 aromatic carbocycles. The lowest BCUT2D eigenvalue weighted by Gasteiger charge is -2.20. The van der Waals surface area contributed by atoms with E-state index in [-0.39, 0.29) is 0 Å².